The highest BCUT2D eigenvalue weighted by atomic mass is 19.1. The van der Waals surface area contributed by atoms with E-state index in [0.717, 1.165) is 44.5 Å². The van der Waals surface area contributed by atoms with Crippen LogP contribution in [0.1, 0.15) is 46.5 Å². The predicted molar refractivity (Wildman–Crippen MR) is 89.8 cm³/mol. The van der Waals surface area contributed by atoms with Crippen LogP contribution < -0.4 is 10.2 Å². The van der Waals surface area contributed by atoms with Crippen molar-refractivity contribution in [3.8, 4) is 0 Å². The van der Waals surface area contributed by atoms with Gasteiger partial charge in [0, 0.05) is 30.9 Å². The molecule has 1 aliphatic rings. The van der Waals surface area contributed by atoms with Crippen molar-refractivity contribution in [3.05, 3.63) is 30.1 Å². The van der Waals surface area contributed by atoms with Gasteiger partial charge in [-0.05, 0) is 70.7 Å². The quantitative estimate of drug-likeness (QED) is 0.811. The second-order valence-corrected chi connectivity index (χ2v) is 7.18. The van der Waals surface area contributed by atoms with Gasteiger partial charge in [-0.25, -0.2) is 4.39 Å². The molecule has 1 aliphatic heterocycles. The Balaban J connectivity index is 1.73. The van der Waals surface area contributed by atoms with E-state index in [1.54, 1.807) is 0 Å². The van der Waals surface area contributed by atoms with Crippen LogP contribution in [-0.4, -0.2) is 35.9 Å². The summed E-state index contributed by atoms with van der Waals surface area (Å²) in [6.45, 7) is 7.93. The third-order valence-electron chi connectivity index (χ3n) is 4.33. The zero-order valence-electron chi connectivity index (χ0n) is 14.0. The summed E-state index contributed by atoms with van der Waals surface area (Å²) in [7, 11) is 0. The molecule has 2 unspecified atom stereocenters. The summed E-state index contributed by atoms with van der Waals surface area (Å²) in [5, 5.41) is 13.4. The summed E-state index contributed by atoms with van der Waals surface area (Å²) >= 11 is 0. The lowest BCUT2D eigenvalue weighted by molar-refractivity contribution is 0.0674. The van der Waals surface area contributed by atoms with Gasteiger partial charge in [-0.1, -0.05) is 0 Å². The van der Waals surface area contributed by atoms with E-state index in [-0.39, 0.29) is 5.82 Å². The van der Waals surface area contributed by atoms with Gasteiger partial charge in [0.1, 0.15) is 5.82 Å². The van der Waals surface area contributed by atoms with E-state index in [1.807, 2.05) is 26.0 Å². The first-order valence-corrected chi connectivity index (χ1v) is 8.32. The maximum absolute atomic E-state index is 13.0. The predicted octanol–water partition coefficient (Wildman–Crippen LogP) is 3.32. The summed E-state index contributed by atoms with van der Waals surface area (Å²) in [5.41, 5.74) is 0.535. The van der Waals surface area contributed by atoms with E-state index in [4.69, 9.17) is 0 Å². The van der Waals surface area contributed by atoms with E-state index >= 15 is 0 Å². The van der Waals surface area contributed by atoms with Gasteiger partial charge in [0.15, 0.2) is 0 Å². The molecule has 22 heavy (non-hydrogen) atoms. The highest BCUT2D eigenvalue weighted by Gasteiger charge is 2.23. The Labute approximate surface area is 133 Å². The van der Waals surface area contributed by atoms with Crippen molar-refractivity contribution in [1.82, 2.24) is 5.32 Å². The van der Waals surface area contributed by atoms with Crippen molar-refractivity contribution in [2.75, 3.05) is 18.0 Å². The van der Waals surface area contributed by atoms with Crippen LogP contribution >= 0.6 is 0 Å². The molecular weight excluding hydrogens is 279 g/mol. The molecule has 1 saturated heterocycles. The molecule has 0 radical (unpaired) electrons. The normalized spacial score (nSPS) is 20.4. The number of anilines is 1. The van der Waals surface area contributed by atoms with Gasteiger partial charge in [0.05, 0.1) is 5.60 Å². The van der Waals surface area contributed by atoms with E-state index < -0.39 is 5.60 Å². The Morgan fingerprint density at radius 2 is 2.05 bits per heavy atom. The minimum absolute atomic E-state index is 0.182. The molecule has 4 heteroatoms. The number of benzene rings is 1. The molecule has 0 amide bonds. The summed E-state index contributed by atoms with van der Waals surface area (Å²) in [6.07, 6.45) is 4.07. The monoisotopic (exact) mass is 308 g/mol. The Kier molecular flexibility index (Phi) is 5.81. The summed E-state index contributed by atoms with van der Waals surface area (Å²) in [4.78, 5) is 2.31. The Hall–Kier alpha value is -1.13. The largest absolute Gasteiger partial charge is 0.390 e. The molecule has 0 bridgehead atoms. The standard InChI is InChI=1S/C18H29FN2O/c1-14(5-4-11-18(2,3)22)20-16-10-12-21(13-16)17-8-6-15(19)7-9-17/h6-9,14,16,20,22H,4-5,10-13H2,1-3H3. The third kappa shape index (κ3) is 5.58. The number of halogens is 1. The van der Waals surface area contributed by atoms with E-state index in [2.05, 4.69) is 17.1 Å². The van der Waals surface area contributed by atoms with Crippen molar-refractivity contribution in [2.24, 2.45) is 0 Å². The Morgan fingerprint density at radius 1 is 1.36 bits per heavy atom. The SMILES string of the molecule is CC(CCCC(C)(C)O)NC1CCN(c2ccc(F)cc2)C1. The maximum atomic E-state index is 13.0. The first-order valence-electron chi connectivity index (χ1n) is 8.32. The topological polar surface area (TPSA) is 35.5 Å². The lowest BCUT2D eigenvalue weighted by Crippen LogP contribution is -2.38. The van der Waals surface area contributed by atoms with Gasteiger partial charge in [-0.15, -0.1) is 0 Å². The molecule has 0 aliphatic carbocycles. The first kappa shape index (κ1) is 17.2. The highest BCUT2D eigenvalue weighted by molar-refractivity contribution is 5.47. The van der Waals surface area contributed by atoms with E-state index in [9.17, 15) is 9.50 Å². The van der Waals surface area contributed by atoms with Gasteiger partial charge in [-0.2, -0.15) is 0 Å². The molecular formula is C18H29FN2O. The average molecular weight is 308 g/mol. The first-order chi connectivity index (χ1) is 10.3. The Bertz CT molecular complexity index is 455. The van der Waals surface area contributed by atoms with Gasteiger partial charge >= 0.3 is 0 Å². The van der Waals surface area contributed by atoms with Crippen LogP contribution in [0.3, 0.4) is 0 Å². The third-order valence-corrected chi connectivity index (χ3v) is 4.33. The summed E-state index contributed by atoms with van der Waals surface area (Å²) in [5.74, 6) is -0.182. The number of aliphatic hydroxyl groups is 1. The van der Waals surface area contributed by atoms with Gasteiger partial charge in [0.25, 0.3) is 0 Å². The van der Waals surface area contributed by atoms with Gasteiger partial charge in [0.2, 0.25) is 0 Å². The van der Waals surface area contributed by atoms with Crippen molar-refractivity contribution < 1.29 is 9.50 Å². The van der Waals surface area contributed by atoms with Crippen molar-refractivity contribution >= 4 is 5.69 Å². The molecule has 1 heterocycles. The van der Waals surface area contributed by atoms with Crippen molar-refractivity contribution in [2.45, 2.75) is 64.1 Å². The molecule has 1 aromatic rings. The van der Waals surface area contributed by atoms with Crippen molar-refractivity contribution in [1.29, 1.82) is 0 Å². The van der Waals surface area contributed by atoms with Crippen LogP contribution in [0.25, 0.3) is 0 Å². The maximum Gasteiger partial charge on any atom is 0.123 e. The van der Waals surface area contributed by atoms with Crippen LogP contribution in [0.5, 0.6) is 0 Å². The number of nitrogens with one attached hydrogen (secondary N) is 1. The van der Waals surface area contributed by atoms with Crippen LogP contribution in [-0.2, 0) is 0 Å². The minimum Gasteiger partial charge on any atom is -0.390 e. The van der Waals surface area contributed by atoms with E-state index in [1.165, 1.54) is 12.1 Å². The molecule has 2 rings (SSSR count). The fourth-order valence-electron chi connectivity index (χ4n) is 3.11. The highest BCUT2D eigenvalue weighted by Crippen LogP contribution is 2.21. The van der Waals surface area contributed by atoms with Crippen LogP contribution in [0.15, 0.2) is 24.3 Å². The molecule has 0 spiro atoms. The molecule has 1 aromatic carbocycles. The lowest BCUT2D eigenvalue weighted by Gasteiger charge is -2.23. The smallest absolute Gasteiger partial charge is 0.123 e. The second-order valence-electron chi connectivity index (χ2n) is 7.18. The van der Waals surface area contributed by atoms with Crippen LogP contribution in [0.4, 0.5) is 10.1 Å². The molecule has 1 fully saturated rings. The van der Waals surface area contributed by atoms with Crippen molar-refractivity contribution in [3.63, 3.8) is 0 Å². The van der Waals surface area contributed by atoms with Crippen LogP contribution in [0, 0.1) is 5.82 Å². The lowest BCUT2D eigenvalue weighted by atomic mass is 9.99. The van der Waals surface area contributed by atoms with Crippen LogP contribution in [0.2, 0.25) is 0 Å². The number of hydrogen-bond donors (Lipinski definition) is 2. The second kappa shape index (κ2) is 7.42. The Morgan fingerprint density at radius 3 is 2.68 bits per heavy atom. The molecule has 3 nitrogen and oxygen atoms in total. The number of hydrogen-bond acceptors (Lipinski definition) is 3. The molecule has 2 N–H and O–H groups in total. The number of rotatable bonds is 7. The fraction of sp³-hybridized carbons (Fsp3) is 0.667. The zero-order chi connectivity index (χ0) is 16.2. The minimum atomic E-state index is -0.563. The number of nitrogens with zero attached hydrogens (tertiary/aromatic N) is 1. The van der Waals surface area contributed by atoms with Gasteiger partial charge in [-0.3, -0.25) is 0 Å². The molecule has 0 aromatic heterocycles. The molecule has 0 saturated carbocycles. The molecule has 124 valence electrons. The molecule has 2 atom stereocenters. The zero-order valence-corrected chi connectivity index (χ0v) is 14.0. The van der Waals surface area contributed by atoms with Gasteiger partial charge < -0.3 is 15.3 Å². The summed E-state index contributed by atoms with van der Waals surface area (Å²) in [6, 6.07) is 7.70. The fourth-order valence-corrected chi connectivity index (χ4v) is 3.11. The van der Waals surface area contributed by atoms with E-state index in [0.29, 0.717) is 12.1 Å². The average Bonchev–Trinajstić information content (AvgIpc) is 2.86. The summed E-state index contributed by atoms with van der Waals surface area (Å²) < 4.78 is 13.0.